The van der Waals surface area contributed by atoms with Gasteiger partial charge in [-0.25, -0.2) is 13.4 Å². The monoisotopic (exact) mass is 509 g/mol. The summed E-state index contributed by atoms with van der Waals surface area (Å²) in [5.41, 5.74) is 4.76. The summed E-state index contributed by atoms with van der Waals surface area (Å²) in [6.45, 7) is 3.98. The molecule has 0 radical (unpaired) electrons. The lowest BCUT2D eigenvalue weighted by molar-refractivity contribution is 0.217. The third-order valence-electron chi connectivity index (χ3n) is 5.74. The minimum absolute atomic E-state index is 0.0149. The molecule has 0 fully saturated rings. The molecule has 1 aliphatic rings. The second-order valence-electron chi connectivity index (χ2n) is 8.57. The van der Waals surface area contributed by atoms with E-state index >= 15 is 0 Å². The molecule has 3 aromatic rings. The molecule has 4 rings (SSSR count). The van der Waals surface area contributed by atoms with E-state index in [2.05, 4.69) is 21.5 Å². The molecule has 0 bridgehead atoms. The van der Waals surface area contributed by atoms with Gasteiger partial charge in [-0.3, -0.25) is 0 Å². The zero-order valence-electron chi connectivity index (χ0n) is 19.9. The second-order valence-corrected chi connectivity index (χ2v) is 11.4. The fraction of sp³-hybridized carbons (Fsp3) is 0.346. The molecular weight excluding hydrogens is 482 g/mol. The molecule has 2 aromatic carbocycles. The molecule has 1 atom stereocenters. The summed E-state index contributed by atoms with van der Waals surface area (Å²) in [5, 5.41) is 10.4. The first-order valence-electron chi connectivity index (χ1n) is 11.4. The Labute approximate surface area is 210 Å². The van der Waals surface area contributed by atoms with Gasteiger partial charge in [-0.1, -0.05) is 18.2 Å². The Balaban J connectivity index is 1.59. The van der Waals surface area contributed by atoms with Crippen LogP contribution in [0.25, 0.3) is 21.0 Å². The van der Waals surface area contributed by atoms with Crippen molar-refractivity contribution in [3.63, 3.8) is 0 Å². The first-order chi connectivity index (χ1) is 16.8. The highest BCUT2D eigenvalue weighted by atomic mass is 32.2. The molecule has 1 unspecified atom stereocenters. The molecule has 0 spiro atoms. The van der Waals surface area contributed by atoms with Crippen LogP contribution in [0, 0.1) is 11.3 Å². The third kappa shape index (κ3) is 5.78. The molecule has 1 aliphatic carbocycles. The van der Waals surface area contributed by atoms with Crippen LogP contribution in [0.15, 0.2) is 47.0 Å². The minimum Gasteiger partial charge on any atom is -0.490 e. The molecule has 0 N–H and O–H groups in total. The fourth-order valence-corrected chi connectivity index (χ4v) is 5.90. The normalized spacial score (nSPS) is 15.5. The van der Waals surface area contributed by atoms with Crippen molar-refractivity contribution in [2.24, 2.45) is 4.40 Å². The number of benzene rings is 2. The number of nitrogens with zero attached hydrogens (tertiary/aromatic N) is 3. The van der Waals surface area contributed by atoms with Crippen molar-refractivity contribution < 1.29 is 17.9 Å². The van der Waals surface area contributed by atoms with Crippen molar-refractivity contribution in [3.05, 3.63) is 59.3 Å². The molecule has 0 amide bonds. The Morgan fingerprint density at radius 2 is 2.14 bits per heavy atom. The molecule has 0 saturated heterocycles. The smallest absolute Gasteiger partial charge is 0.255 e. The number of ether oxygens (including phenoxy) is 2. The van der Waals surface area contributed by atoms with Crippen molar-refractivity contribution in [3.8, 4) is 32.8 Å². The van der Waals surface area contributed by atoms with Crippen LogP contribution in [0.3, 0.4) is 0 Å². The highest BCUT2D eigenvalue weighted by molar-refractivity contribution is 7.90. The molecule has 1 heterocycles. The number of fused-ring (bicyclic) bond motifs is 1. The minimum atomic E-state index is -3.53. The van der Waals surface area contributed by atoms with Crippen molar-refractivity contribution in [1.82, 2.24) is 4.98 Å². The fourth-order valence-electron chi connectivity index (χ4n) is 4.12. The lowest BCUT2D eigenvalue weighted by Gasteiger charge is -2.11. The summed E-state index contributed by atoms with van der Waals surface area (Å²) in [4.78, 5) is 5.65. The van der Waals surface area contributed by atoms with Crippen LogP contribution < -0.4 is 4.74 Å². The number of hydrogen-bond acceptors (Lipinski definition) is 7. The van der Waals surface area contributed by atoms with E-state index in [1.54, 1.807) is 17.6 Å². The van der Waals surface area contributed by atoms with E-state index < -0.39 is 10.0 Å². The number of rotatable bonds is 9. The number of hydrogen-bond donors (Lipinski definition) is 0. The van der Waals surface area contributed by atoms with Gasteiger partial charge in [0.25, 0.3) is 10.0 Å². The van der Waals surface area contributed by atoms with Crippen molar-refractivity contribution in [1.29, 1.82) is 5.26 Å². The van der Waals surface area contributed by atoms with E-state index in [0.717, 1.165) is 39.4 Å². The maximum absolute atomic E-state index is 12.1. The molecule has 1 aromatic heterocycles. The molecule has 35 heavy (non-hydrogen) atoms. The summed E-state index contributed by atoms with van der Waals surface area (Å²) in [6.07, 6.45) is 5.05. The van der Waals surface area contributed by atoms with Gasteiger partial charge >= 0.3 is 0 Å². The van der Waals surface area contributed by atoms with Crippen molar-refractivity contribution >= 4 is 27.6 Å². The van der Waals surface area contributed by atoms with Crippen LogP contribution in [0.4, 0.5) is 0 Å². The Morgan fingerprint density at radius 1 is 1.31 bits per heavy atom. The lowest BCUT2D eigenvalue weighted by Crippen LogP contribution is -2.09. The largest absolute Gasteiger partial charge is 0.490 e. The van der Waals surface area contributed by atoms with Gasteiger partial charge in [0.2, 0.25) is 0 Å². The SMILES string of the molecule is COCCS(=O)(=O)/N=C/C1CCc2c(-c3cnc(-c4ccc(OC(C)C)c(C#N)c4)s3)cccc21. The average Bonchev–Trinajstić information content (AvgIpc) is 3.49. The van der Waals surface area contributed by atoms with Crippen LogP contribution in [-0.2, 0) is 21.2 Å². The highest BCUT2D eigenvalue weighted by Gasteiger charge is 2.25. The highest BCUT2D eigenvalue weighted by Crippen LogP contribution is 2.41. The molecule has 0 aliphatic heterocycles. The van der Waals surface area contributed by atoms with Crippen LogP contribution >= 0.6 is 11.3 Å². The Hall–Kier alpha value is -3.06. The van der Waals surface area contributed by atoms with Crippen LogP contribution in [0.1, 0.15) is 42.9 Å². The van der Waals surface area contributed by atoms with Gasteiger partial charge in [-0.15, -0.1) is 11.3 Å². The summed E-state index contributed by atoms with van der Waals surface area (Å²) in [6, 6.07) is 13.9. The number of aromatic nitrogens is 1. The number of sulfonamides is 1. The third-order valence-corrected chi connectivity index (χ3v) is 7.95. The van der Waals surface area contributed by atoms with Gasteiger partial charge in [0.05, 0.1) is 28.9 Å². The van der Waals surface area contributed by atoms with Crippen LogP contribution in [0.5, 0.6) is 5.75 Å². The summed E-state index contributed by atoms with van der Waals surface area (Å²) < 4.78 is 38.7. The molecule has 9 heteroatoms. The van der Waals surface area contributed by atoms with Gasteiger partial charge in [-0.05, 0) is 61.6 Å². The predicted octanol–water partition coefficient (Wildman–Crippen LogP) is 5.21. The van der Waals surface area contributed by atoms with E-state index in [0.29, 0.717) is 11.3 Å². The molecule has 7 nitrogen and oxygen atoms in total. The first kappa shape index (κ1) is 25.0. The second kappa shape index (κ2) is 10.7. The Bertz CT molecular complexity index is 1390. The van der Waals surface area contributed by atoms with E-state index in [1.165, 1.54) is 12.7 Å². The van der Waals surface area contributed by atoms with Crippen molar-refractivity contribution in [2.45, 2.75) is 38.7 Å². The van der Waals surface area contributed by atoms with E-state index in [-0.39, 0.29) is 24.4 Å². The van der Waals surface area contributed by atoms with E-state index in [9.17, 15) is 13.7 Å². The van der Waals surface area contributed by atoms with Gasteiger partial charge in [0, 0.05) is 31.0 Å². The first-order valence-corrected chi connectivity index (χ1v) is 13.8. The summed E-state index contributed by atoms with van der Waals surface area (Å²) in [5.74, 6) is 0.406. The molecular formula is C26H27N3O4S2. The number of thiazole rings is 1. The van der Waals surface area contributed by atoms with Crippen molar-refractivity contribution in [2.75, 3.05) is 19.5 Å². The number of nitriles is 1. The van der Waals surface area contributed by atoms with E-state index in [4.69, 9.17) is 9.47 Å². The molecule has 0 saturated carbocycles. The standard InChI is InChI=1S/C26H27N3O4S2/c1-17(2)33-24-10-8-18(13-20(24)14-27)26-28-16-25(34-26)23-6-4-5-21-19(7-9-22(21)23)15-29-35(30,31)12-11-32-3/h4-6,8,10,13,15-17,19H,7,9,11-12H2,1-3H3/b29-15+. The van der Waals surface area contributed by atoms with Gasteiger partial charge in [0.15, 0.2) is 0 Å². The summed E-state index contributed by atoms with van der Waals surface area (Å²) in [7, 11) is -2.06. The summed E-state index contributed by atoms with van der Waals surface area (Å²) >= 11 is 1.57. The zero-order valence-corrected chi connectivity index (χ0v) is 21.5. The topological polar surface area (TPSA) is 102 Å². The lowest BCUT2D eigenvalue weighted by atomic mass is 9.99. The van der Waals surface area contributed by atoms with Gasteiger partial charge in [0.1, 0.15) is 16.8 Å². The van der Waals surface area contributed by atoms with Crippen LogP contribution in [0.2, 0.25) is 0 Å². The predicted molar refractivity (Wildman–Crippen MR) is 139 cm³/mol. The van der Waals surface area contributed by atoms with E-state index in [1.807, 2.05) is 50.4 Å². The van der Waals surface area contributed by atoms with Crippen LogP contribution in [-0.4, -0.2) is 45.2 Å². The number of methoxy groups -OCH3 is 1. The van der Waals surface area contributed by atoms with Gasteiger partial charge in [-0.2, -0.15) is 9.66 Å². The molecule has 182 valence electrons. The maximum atomic E-state index is 12.1. The average molecular weight is 510 g/mol. The maximum Gasteiger partial charge on any atom is 0.255 e. The Kier molecular flexibility index (Phi) is 7.65. The van der Waals surface area contributed by atoms with Gasteiger partial charge < -0.3 is 9.47 Å². The quantitative estimate of drug-likeness (QED) is 0.367. The Morgan fingerprint density at radius 3 is 2.89 bits per heavy atom. The zero-order chi connectivity index (χ0) is 25.0.